The lowest BCUT2D eigenvalue weighted by atomic mass is 9.90. The van der Waals surface area contributed by atoms with Crippen LogP contribution in [0.5, 0.6) is 0 Å². The number of nitrogens with one attached hydrogen (secondary N) is 2. The van der Waals surface area contributed by atoms with Crippen LogP contribution < -0.4 is 10.0 Å². The molecule has 2 rings (SSSR count). The number of anilines is 1. The summed E-state index contributed by atoms with van der Waals surface area (Å²) in [7, 11) is -1.92. The molecule has 2 N–H and O–H groups in total. The van der Waals surface area contributed by atoms with Crippen molar-refractivity contribution in [1.29, 1.82) is 0 Å². The highest BCUT2D eigenvalue weighted by Crippen LogP contribution is 2.26. The molecule has 0 unspecified atom stereocenters. The van der Waals surface area contributed by atoms with E-state index in [9.17, 15) is 8.42 Å². The van der Waals surface area contributed by atoms with Gasteiger partial charge < -0.3 is 10.1 Å². The van der Waals surface area contributed by atoms with Crippen molar-refractivity contribution < 1.29 is 13.2 Å². The standard InChI is InChI=1S/C12H18ClN3O3S/c1-3-19-9-4-8(5-9)16-20(17,18)10-6-11(13)12(14-2)15-7-10/h6-9,16H,3-5H2,1-2H3,(H,14,15). The zero-order valence-corrected chi connectivity index (χ0v) is 13.0. The molecular weight excluding hydrogens is 302 g/mol. The van der Waals surface area contributed by atoms with Crippen molar-refractivity contribution in [2.75, 3.05) is 19.0 Å². The minimum atomic E-state index is -3.59. The summed E-state index contributed by atoms with van der Waals surface area (Å²) < 4.78 is 32.4. The summed E-state index contributed by atoms with van der Waals surface area (Å²) in [5.74, 6) is 0.450. The maximum atomic E-state index is 12.2. The number of nitrogens with zero attached hydrogens (tertiary/aromatic N) is 1. The van der Waals surface area contributed by atoms with Crippen LogP contribution >= 0.6 is 11.6 Å². The van der Waals surface area contributed by atoms with Crippen molar-refractivity contribution in [2.24, 2.45) is 0 Å². The van der Waals surface area contributed by atoms with Crippen molar-refractivity contribution >= 4 is 27.4 Å². The van der Waals surface area contributed by atoms with Gasteiger partial charge in [-0.25, -0.2) is 18.1 Å². The van der Waals surface area contributed by atoms with E-state index in [1.807, 2.05) is 6.92 Å². The lowest BCUT2D eigenvalue weighted by Crippen LogP contribution is -2.47. The summed E-state index contributed by atoms with van der Waals surface area (Å²) in [5, 5.41) is 3.06. The third-order valence-corrected chi connectivity index (χ3v) is 4.96. The van der Waals surface area contributed by atoms with Crippen LogP contribution in [0, 0.1) is 0 Å². The minimum absolute atomic E-state index is 0.0707. The lowest BCUT2D eigenvalue weighted by Gasteiger charge is -2.35. The first kappa shape index (κ1) is 15.5. The van der Waals surface area contributed by atoms with Gasteiger partial charge in [-0.05, 0) is 25.8 Å². The summed E-state index contributed by atoms with van der Waals surface area (Å²) in [4.78, 5) is 4.04. The van der Waals surface area contributed by atoms with E-state index in [1.165, 1.54) is 12.3 Å². The van der Waals surface area contributed by atoms with Gasteiger partial charge in [-0.1, -0.05) is 11.6 Å². The molecule has 1 aromatic heterocycles. The molecular formula is C12H18ClN3O3S. The smallest absolute Gasteiger partial charge is 0.242 e. The number of hydrogen-bond donors (Lipinski definition) is 2. The van der Waals surface area contributed by atoms with E-state index < -0.39 is 10.0 Å². The Morgan fingerprint density at radius 2 is 2.20 bits per heavy atom. The molecule has 1 aliphatic rings. The molecule has 0 aromatic carbocycles. The highest BCUT2D eigenvalue weighted by atomic mass is 35.5. The Hall–Kier alpha value is -0.890. The van der Waals surface area contributed by atoms with Gasteiger partial charge >= 0.3 is 0 Å². The van der Waals surface area contributed by atoms with E-state index in [1.54, 1.807) is 7.05 Å². The molecule has 1 fully saturated rings. The maximum Gasteiger partial charge on any atom is 0.242 e. The molecule has 0 atom stereocenters. The second kappa shape index (κ2) is 6.26. The molecule has 0 radical (unpaired) electrons. The van der Waals surface area contributed by atoms with Crippen LogP contribution in [0.4, 0.5) is 5.82 Å². The topological polar surface area (TPSA) is 80.3 Å². The van der Waals surface area contributed by atoms with E-state index >= 15 is 0 Å². The molecule has 8 heteroatoms. The third-order valence-electron chi connectivity index (χ3n) is 3.18. The molecule has 0 amide bonds. The molecule has 0 saturated heterocycles. The Labute approximate surface area is 123 Å². The van der Waals surface area contributed by atoms with Gasteiger partial charge in [-0.15, -0.1) is 0 Å². The number of aromatic nitrogens is 1. The number of rotatable bonds is 6. The summed E-state index contributed by atoms with van der Waals surface area (Å²) in [5.41, 5.74) is 0. The summed E-state index contributed by atoms with van der Waals surface area (Å²) >= 11 is 5.95. The van der Waals surface area contributed by atoms with Crippen LogP contribution in [0.2, 0.25) is 5.02 Å². The first-order valence-corrected chi connectivity index (χ1v) is 8.29. The first-order chi connectivity index (χ1) is 9.46. The normalized spacial score (nSPS) is 22.4. The summed E-state index contributed by atoms with van der Waals surface area (Å²) in [6.45, 7) is 2.57. The van der Waals surface area contributed by atoms with Gasteiger partial charge in [0.2, 0.25) is 10.0 Å². The molecule has 0 aliphatic heterocycles. The summed E-state index contributed by atoms with van der Waals surface area (Å²) in [6.07, 6.45) is 2.84. The fourth-order valence-corrected chi connectivity index (χ4v) is 3.63. The number of ether oxygens (including phenoxy) is 1. The van der Waals surface area contributed by atoms with Crippen LogP contribution in [-0.4, -0.2) is 39.2 Å². The van der Waals surface area contributed by atoms with E-state index in [-0.39, 0.29) is 22.1 Å². The molecule has 20 heavy (non-hydrogen) atoms. The Morgan fingerprint density at radius 1 is 1.50 bits per heavy atom. The van der Waals surface area contributed by atoms with Crippen LogP contribution in [0.3, 0.4) is 0 Å². The van der Waals surface area contributed by atoms with E-state index in [2.05, 4.69) is 15.0 Å². The van der Waals surface area contributed by atoms with Gasteiger partial charge in [-0.3, -0.25) is 0 Å². The predicted octanol–water partition coefficient (Wildman–Crippen LogP) is 1.62. The zero-order chi connectivity index (χ0) is 14.8. The summed E-state index contributed by atoms with van der Waals surface area (Å²) in [6, 6.07) is 1.31. The van der Waals surface area contributed by atoms with Crippen molar-refractivity contribution in [3.8, 4) is 0 Å². The third kappa shape index (κ3) is 3.41. The van der Waals surface area contributed by atoms with Crippen LogP contribution in [0.25, 0.3) is 0 Å². The van der Waals surface area contributed by atoms with Crippen molar-refractivity contribution in [1.82, 2.24) is 9.71 Å². The van der Waals surface area contributed by atoms with E-state index in [0.717, 1.165) is 0 Å². The Balaban J connectivity index is 2.02. The average Bonchev–Trinajstić information content (AvgIpc) is 2.36. The maximum absolute atomic E-state index is 12.2. The monoisotopic (exact) mass is 319 g/mol. The fraction of sp³-hybridized carbons (Fsp3) is 0.583. The molecule has 0 spiro atoms. The second-order valence-electron chi connectivity index (χ2n) is 4.62. The molecule has 0 bridgehead atoms. The molecule has 112 valence electrons. The van der Waals surface area contributed by atoms with Crippen molar-refractivity contribution in [2.45, 2.75) is 36.8 Å². The van der Waals surface area contributed by atoms with Gasteiger partial charge in [0.1, 0.15) is 10.7 Å². The van der Waals surface area contributed by atoms with Crippen LogP contribution in [0.15, 0.2) is 17.2 Å². The van der Waals surface area contributed by atoms with Crippen LogP contribution in [-0.2, 0) is 14.8 Å². The van der Waals surface area contributed by atoms with Gasteiger partial charge in [0, 0.05) is 25.9 Å². The van der Waals surface area contributed by atoms with Gasteiger partial charge in [-0.2, -0.15) is 0 Å². The highest BCUT2D eigenvalue weighted by molar-refractivity contribution is 7.89. The Morgan fingerprint density at radius 3 is 2.75 bits per heavy atom. The fourth-order valence-electron chi connectivity index (χ4n) is 2.07. The van der Waals surface area contributed by atoms with Crippen LogP contribution in [0.1, 0.15) is 19.8 Å². The molecule has 1 saturated carbocycles. The quantitative estimate of drug-likeness (QED) is 0.833. The SMILES string of the molecule is CCOC1CC(NS(=O)(=O)c2cnc(NC)c(Cl)c2)C1. The molecule has 6 nitrogen and oxygen atoms in total. The number of hydrogen-bond acceptors (Lipinski definition) is 5. The van der Waals surface area contributed by atoms with Crippen molar-refractivity contribution in [3.05, 3.63) is 17.3 Å². The molecule has 1 heterocycles. The van der Waals surface area contributed by atoms with E-state index in [4.69, 9.17) is 16.3 Å². The first-order valence-electron chi connectivity index (χ1n) is 6.43. The average molecular weight is 320 g/mol. The largest absolute Gasteiger partial charge is 0.378 e. The van der Waals surface area contributed by atoms with Gasteiger partial charge in [0.05, 0.1) is 11.1 Å². The predicted molar refractivity (Wildman–Crippen MR) is 77.6 cm³/mol. The molecule has 1 aromatic rings. The Bertz CT molecular complexity index is 573. The number of halogens is 1. The Kier molecular flexibility index (Phi) is 4.85. The minimum Gasteiger partial charge on any atom is -0.378 e. The number of pyridine rings is 1. The number of sulfonamides is 1. The lowest BCUT2D eigenvalue weighted by molar-refractivity contribution is -0.00475. The van der Waals surface area contributed by atoms with Crippen molar-refractivity contribution in [3.63, 3.8) is 0 Å². The van der Waals surface area contributed by atoms with E-state index in [0.29, 0.717) is 25.3 Å². The highest BCUT2D eigenvalue weighted by Gasteiger charge is 2.33. The van der Waals surface area contributed by atoms with Gasteiger partial charge in [0.25, 0.3) is 0 Å². The zero-order valence-electron chi connectivity index (χ0n) is 11.4. The second-order valence-corrected chi connectivity index (χ2v) is 6.74. The van der Waals surface area contributed by atoms with Gasteiger partial charge in [0.15, 0.2) is 0 Å². The molecule has 1 aliphatic carbocycles.